The number of nitrogens with zero attached hydrogens (tertiary/aromatic N) is 2. The summed E-state index contributed by atoms with van der Waals surface area (Å²) >= 11 is 0. The highest BCUT2D eigenvalue weighted by Gasteiger charge is 2.20. The molecule has 0 radical (unpaired) electrons. The average Bonchev–Trinajstić information content (AvgIpc) is 2.71. The molecule has 0 aliphatic carbocycles. The molecule has 7 heteroatoms. The van der Waals surface area contributed by atoms with Crippen LogP contribution in [0.2, 0.25) is 0 Å². The molecule has 28 heavy (non-hydrogen) atoms. The van der Waals surface area contributed by atoms with Crippen molar-refractivity contribution in [3.63, 3.8) is 0 Å². The smallest absolute Gasteiger partial charge is 0.274 e. The lowest BCUT2D eigenvalue weighted by Gasteiger charge is -2.27. The third kappa shape index (κ3) is 4.79. The van der Waals surface area contributed by atoms with Gasteiger partial charge in [-0.3, -0.25) is 14.4 Å². The number of aromatic nitrogens is 1. The van der Waals surface area contributed by atoms with Crippen molar-refractivity contribution in [2.45, 2.75) is 26.2 Å². The van der Waals surface area contributed by atoms with Gasteiger partial charge in [-0.2, -0.15) is 0 Å². The molecule has 0 atom stereocenters. The van der Waals surface area contributed by atoms with E-state index in [9.17, 15) is 14.4 Å². The van der Waals surface area contributed by atoms with Gasteiger partial charge in [-0.05, 0) is 44.4 Å². The van der Waals surface area contributed by atoms with Crippen molar-refractivity contribution in [3.8, 4) is 5.75 Å². The molecule has 7 nitrogen and oxygen atoms in total. The van der Waals surface area contributed by atoms with E-state index in [0.29, 0.717) is 24.4 Å². The normalized spacial score (nSPS) is 13.9. The van der Waals surface area contributed by atoms with Crippen molar-refractivity contribution in [3.05, 3.63) is 58.0 Å². The van der Waals surface area contributed by atoms with E-state index >= 15 is 0 Å². The van der Waals surface area contributed by atoms with Gasteiger partial charge in [0.05, 0.1) is 5.56 Å². The molecule has 1 fully saturated rings. The molecule has 1 aromatic carbocycles. The number of amides is 2. The van der Waals surface area contributed by atoms with Gasteiger partial charge in [-0.25, -0.2) is 0 Å². The van der Waals surface area contributed by atoms with E-state index in [0.717, 1.165) is 24.8 Å². The Morgan fingerprint density at radius 3 is 2.46 bits per heavy atom. The van der Waals surface area contributed by atoms with Gasteiger partial charge in [0.25, 0.3) is 17.4 Å². The first-order chi connectivity index (χ1) is 13.4. The molecule has 1 saturated heterocycles. The molecular weight excluding hydrogens is 358 g/mol. The van der Waals surface area contributed by atoms with E-state index in [2.05, 4.69) is 5.32 Å². The van der Waals surface area contributed by atoms with Crippen LogP contribution in [0.15, 0.2) is 41.3 Å². The third-order valence-electron chi connectivity index (χ3n) is 4.74. The Kier molecular flexibility index (Phi) is 6.13. The Labute approximate surface area is 163 Å². The number of ether oxygens (including phenoxy) is 1. The van der Waals surface area contributed by atoms with E-state index in [1.165, 1.54) is 16.8 Å². The van der Waals surface area contributed by atoms with Crippen molar-refractivity contribution >= 4 is 17.5 Å². The van der Waals surface area contributed by atoms with Crippen LogP contribution in [0.5, 0.6) is 5.75 Å². The second-order valence-electron chi connectivity index (χ2n) is 7.06. The van der Waals surface area contributed by atoms with Gasteiger partial charge in [-0.15, -0.1) is 0 Å². The average molecular weight is 383 g/mol. The van der Waals surface area contributed by atoms with E-state index in [4.69, 9.17) is 4.74 Å². The number of hydrogen-bond acceptors (Lipinski definition) is 4. The number of anilines is 1. The van der Waals surface area contributed by atoms with Gasteiger partial charge in [0.1, 0.15) is 11.4 Å². The summed E-state index contributed by atoms with van der Waals surface area (Å²) in [5, 5.41) is 2.56. The summed E-state index contributed by atoms with van der Waals surface area (Å²) in [6.45, 7) is 3.17. The van der Waals surface area contributed by atoms with Gasteiger partial charge >= 0.3 is 0 Å². The molecule has 1 aromatic heterocycles. The van der Waals surface area contributed by atoms with E-state index in [1.807, 2.05) is 19.1 Å². The van der Waals surface area contributed by atoms with Crippen molar-refractivity contribution in [1.29, 1.82) is 0 Å². The number of piperidine rings is 1. The Morgan fingerprint density at radius 2 is 1.79 bits per heavy atom. The summed E-state index contributed by atoms with van der Waals surface area (Å²) in [5.41, 5.74) is 1.18. The van der Waals surface area contributed by atoms with Crippen molar-refractivity contribution in [1.82, 2.24) is 9.47 Å². The fourth-order valence-corrected chi connectivity index (χ4v) is 3.17. The lowest BCUT2D eigenvalue weighted by atomic mass is 10.1. The summed E-state index contributed by atoms with van der Waals surface area (Å²) in [5.74, 6) is -0.00960. The maximum absolute atomic E-state index is 12.7. The van der Waals surface area contributed by atoms with Crippen LogP contribution < -0.4 is 15.6 Å². The van der Waals surface area contributed by atoms with Crippen LogP contribution in [0.3, 0.4) is 0 Å². The van der Waals surface area contributed by atoms with Gasteiger partial charge in [0.15, 0.2) is 6.61 Å². The highest BCUT2D eigenvalue weighted by atomic mass is 16.5. The molecule has 1 aliphatic heterocycles. The van der Waals surface area contributed by atoms with Gasteiger partial charge in [0.2, 0.25) is 0 Å². The molecule has 2 amide bonds. The van der Waals surface area contributed by atoms with E-state index < -0.39 is 5.91 Å². The molecule has 2 aromatic rings. The summed E-state index contributed by atoms with van der Waals surface area (Å²) in [4.78, 5) is 39.1. The first-order valence-corrected chi connectivity index (χ1v) is 9.43. The number of carbonyl (C=O) groups excluding carboxylic acids is 2. The van der Waals surface area contributed by atoms with Crippen LogP contribution in [0, 0.1) is 6.92 Å². The minimum Gasteiger partial charge on any atom is -0.484 e. The second-order valence-corrected chi connectivity index (χ2v) is 7.06. The number of aryl methyl sites for hydroxylation is 2. The number of nitrogens with one attached hydrogen (secondary N) is 1. The molecule has 1 N–H and O–H groups in total. The van der Waals surface area contributed by atoms with E-state index in [1.54, 1.807) is 24.1 Å². The second kappa shape index (κ2) is 8.73. The predicted molar refractivity (Wildman–Crippen MR) is 107 cm³/mol. The maximum Gasteiger partial charge on any atom is 0.274 e. The molecule has 148 valence electrons. The lowest BCUT2D eigenvalue weighted by molar-refractivity contribution is -0.118. The van der Waals surface area contributed by atoms with Crippen LogP contribution in [-0.2, 0) is 11.8 Å². The minimum absolute atomic E-state index is 0.0721. The Hall–Kier alpha value is -3.09. The first-order valence-electron chi connectivity index (χ1n) is 9.43. The fraction of sp³-hybridized carbons (Fsp3) is 0.381. The summed E-state index contributed by atoms with van der Waals surface area (Å²) < 4.78 is 6.76. The molecular formula is C21H25N3O4. The van der Waals surface area contributed by atoms with Crippen LogP contribution in [0.1, 0.15) is 35.2 Å². The monoisotopic (exact) mass is 383 g/mol. The molecule has 3 rings (SSSR count). The quantitative estimate of drug-likeness (QED) is 0.859. The molecule has 0 spiro atoms. The fourth-order valence-electron chi connectivity index (χ4n) is 3.17. The van der Waals surface area contributed by atoms with Crippen LogP contribution >= 0.6 is 0 Å². The summed E-state index contributed by atoms with van der Waals surface area (Å²) in [6, 6.07) is 8.78. The Morgan fingerprint density at radius 1 is 1.11 bits per heavy atom. The van der Waals surface area contributed by atoms with Crippen LogP contribution in [0.4, 0.5) is 5.69 Å². The zero-order valence-corrected chi connectivity index (χ0v) is 16.2. The summed E-state index contributed by atoms with van der Waals surface area (Å²) in [6.07, 6.45) is 4.60. The number of rotatable bonds is 5. The van der Waals surface area contributed by atoms with Crippen molar-refractivity contribution < 1.29 is 14.3 Å². The Bertz CT molecular complexity index is 912. The number of carbonyl (C=O) groups is 2. The predicted octanol–water partition coefficient (Wildman–Crippen LogP) is 2.34. The van der Waals surface area contributed by atoms with Crippen molar-refractivity contribution in [2.24, 2.45) is 7.05 Å². The number of likely N-dealkylation sites (tertiary alicyclic amines) is 1. The molecule has 2 heterocycles. The Balaban J connectivity index is 1.69. The highest BCUT2D eigenvalue weighted by molar-refractivity contribution is 5.97. The number of pyridine rings is 1. The van der Waals surface area contributed by atoms with Gasteiger partial charge in [0, 0.05) is 26.3 Å². The largest absolute Gasteiger partial charge is 0.484 e. The molecule has 0 unspecified atom stereocenters. The zero-order valence-electron chi connectivity index (χ0n) is 16.2. The van der Waals surface area contributed by atoms with Gasteiger partial charge in [-0.1, -0.05) is 17.7 Å². The maximum atomic E-state index is 12.7. The SMILES string of the molecule is Cc1ccc(OCC(=O)Nc2cc(C(=O)N3CCCCC3)cn(C)c2=O)cc1. The van der Waals surface area contributed by atoms with Gasteiger partial charge < -0.3 is 19.5 Å². The van der Waals surface area contributed by atoms with Crippen molar-refractivity contribution in [2.75, 3.05) is 25.0 Å². The lowest BCUT2D eigenvalue weighted by Crippen LogP contribution is -2.36. The highest BCUT2D eigenvalue weighted by Crippen LogP contribution is 2.15. The van der Waals surface area contributed by atoms with E-state index in [-0.39, 0.29) is 23.8 Å². The number of benzene rings is 1. The van der Waals surface area contributed by atoms with Crippen LogP contribution in [-0.4, -0.2) is 41.0 Å². The summed E-state index contributed by atoms with van der Waals surface area (Å²) in [7, 11) is 1.56. The molecule has 0 saturated carbocycles. The van der Waals surface area contributed by atoms with Crippen LogP contribution in [0.25, 0.3) is 0 Å². The minimum atomic E-state index is -0.458. The standard InChI is InChI=1S/C21H25N3O4/c1-15-6-8-17(9-7-15)28-14-19(25)22-18-12-16(13-23(2)21(18)27)20(26)24-10-4-3-5-11-24/h6-9,12-13H,3-5,10-11,14H2,1-2H3,(H,22,25). The number of hydrogen-bond donors (Lipinski definition) is 1. The topological polar surface area (TPSA) is 80.6 Å². The molecule has 0 bridgehead atoms. The zero-order chi connectivity index (χ0) is 20.1. The third-order valence-corrected chi connectivity index (χ3v) is 4.74. The molecule has 1 aliphatic rings. The first kappa shape index (κ1) is 19.7.